The minimum Gasteiger partial charge on any atom is -0.456 e. The molecule has 0 bridgehead atoms. The average molecular weight is 528 g/mol. The van der Waals surface area contributed by atoms with Gasteiger partial charge in [0.15, 0.2) is 0 Å². The lowest BCUT2D eigenvalue weighted by Gasteiger charge is -2.13. The fourth-order valence-electron chi connectivity index (χ4n) is 5.86. The monoisotopic (exact) mass is 527 g/mol. The van der Waals surface area contributed by atoms with E-state index in [-0.39, 0.29) is 0 Å². The number of thiophene rings is 1. The topological polar surface area (TPSA) is 36.9 Å². The van der Waals surface area contributed by atoms with Crippen LogP contribution in [0, 0.1) is 11.3 Å². The van der Waals surface area contributed by atoms with Crippen molar-refractivity contribution in [2.75, 3.05) is 0 Å². The Bertz CT molecular complexity index is 2300. The molecule has 0 atom stereocenters. The molecule has 0 saturated carbocycles. The van der Waals surface area contributed by atoms with Crippen molar-refractivity contribution in [3.8, 4) is 39.4 Å². The molecule has 0 fully saturated rings. The van der Waals surface area contributed by atoms with E-state index in [0.29, 0.717) is 5.56 Å². The van der Waals surface area contributed by atoms with Crippen molar-refractivity contribution in [3.05, 3.63) is 133 Å². The molecule has 8 rings (SSSR count). The van der Waals surface area contributed by atoms with E-state index in [4.69, 9.17) is 4.42 Å². The first kappa shape index (κ1) is 22.8. The van der Waals surface area contributed by atoms with E-state index in [0.717, 1.165) is 49.8 Å². The second-order valence-corrected chi connectivity index (χ2v) is 11.1. The van der Waals surface area contributed by atoms with Crippen molar-refractivity contribution < 1.29 is 4.42 Å². The maximum atomic E-state index is 9.92. The molecule has 0 N–H and O–H groups in total. The highest BCUT2D eigenvalue weighted by Gasteiger charge is 2.15. The standard InChI is InChI=1S/C37H21NOS/c38-22-24-8-1-2-9-28(24)26-18-25(23-16-17-34-32(21-23)30-10-3-5-13-33(30)39-34)19-27(20-26)29-12-7-15-36-37(29)31-11-4-6-14-35(31)40-36/h1-21H. The Hall–Kier alpha value is -5.17. The van der Waals surface area contributed by atoms with E-state index in [1.165, 1.54) is 25.7 Å². The molecule has 2 heterocycles. The zero-order valence-corrected chi connectivity index (χ0v) is 22.2. The van der Waals surface area contributed by atoms with Crippen molar-refractivity contribution in [3.63, 3.8) is 0 Å². The largest absolute Gasteiger partial charge is 0.456 e. The fraction of sp³-hybridized carbons (Fsp3) is 0. The Morgan fingerprint density at radius 1 is 0.500 bits per heavy atom. The van der Waals surface area contributed by atoms with Crippen LogP contribution in [0.4, 0.5) is 0 Å². The molecule has 0 unspecified atom stereocenters. The fourth-order valence-corrected chi connectivity index (χ4v) is 6.99. The highest BCUT2D eigenvalue weighted by atomic mass is 32.1. The highest BCUT2D eigenvalue weighted by molar-refractivity contribution is 7.25. The summed E-state index contributed by atoms with van der Waals surface area (Å²) in [4.78, 5) is 0. The van der Waals surface area contributed by atoms with Gasteiger partial charge in [-0.05, 0) is 88.0 Å². The molecule has 6 aromatic carbocycles. The molecular weight excluding hydrogens is 506 g/mol. The van der Waals surface area contributed by atoms with Crippen LogP contribution >= 0.6 is 11.3 Å². The first-order valence-corrected chi connectivity index (χ1v) is 14.1. The van der Waals surface area contributed by atoms with Gasteiger partial charge in [0.1, 0.15) is 11.2 Å². The molecule has 186 valence electrons. The number of para-hydroxylation sites is 1. The molecule has 0 aliphatic carbocycles. The number of rotatable bonds is 3. The second kappa shape index (κ2) is 8.95. The Kier molecular flexibility index (Phi) is 5.10. The van der Waals surface area contributed by atoms with E-state index in [1.54, 1.807) is 0 Å². The number of hydrogen-bond donors (Lipinski definition) is 0. The predicted octanol–water partition coefficient (Wildman–Crippen LogP) is 10.8. The van der Waals surface area contributed by atoms with Crippen LogP contribution in [-0.2, 0) is 0 Å². The van der Waals surface area contributed by atoms with Gasteiger partial charge in [0.05, 0.1) is 11.6 Å². The van der Waals surface area contributed by atoms with E-state index < -0.39 is 0 Å². The molecule has 0 spiro atoms. The van der Waals surface area contributed by atoms with Crippen LogP contribution < -0.4 is 0 Å². The summed E-state index contributed by atoms with van der Waals surface area (Å²) in [6.07, 6.45) is 0. The molecule has 8 aromatic rings. The first-order chi connectivity index (χ1) is 19.8. The Morgan fingerprint density at radius 3 is 2.08 bits per heavy atom. The third-order valence-electron chi connectivity index (χ3n) is 7.72. The van der Waals surface area contributed by atoms with Crippen LogP contribution in [0.15, 0.2) is 132 Å². The molecule has 0 amide bonds. The maximum Gasteiger partial charge on any atom is 0.135 e. The predicted molar refractivity (Wildman–Crippen MR) is 168 cm³/mol. The number of benzene rings is 6. The van der Waals surface area contributed by atoms with Gasteiger partial charge in [-0.3, -0.25) is 0 Å². The van der Waals surface area contributed by atoms with E-state index >= 15 is 0 Å². The van der Waals surface area contributed by atoms with Gasteiger partial charge in [-0.1, -0.05) is 72.8 Å². The third kappa shape index (κ3) is 3.55. The molecule has 40 heavy (non-hydrogen) atoms. The Labute approximate surface area is 235 Å². The molecule has 0 aliphatic rings. The van der Waals surface area contributed by atoms with E-state index in [1.807, 2.05) is 53.8 Å². The molecule has 2 nitrogen and oxygen atoms in total. The summed E-state index contributed by atoms with van der Waals surface area (Å²) in [5.74, 6) is 0. The Balaban J connectivity index is 1.42. The van der Waals surface area contributed by atoms with Gasteiger partial charge in [0.2, 0.25) is 0 Å². The van der Waals surface area contributed by atoms with Crippen LogP contribution in [0.2, 0.25) is 0 Å². The number of fused-ring (bicyclic) bond motifs is 6. The van der Waals surface area contributed by atoms with E-state index in [9.17, 15) is 5.26 Å². The lowest BCUT2D eigenvalue weighted by Crippen LogP contribution is -1.89. The summed E-state index contributed by atoms with van der Waals surface area (Å²) >= 11 is 1.83. The molecule has 0 saturated heterocycles. The Morgan fingerprint density at radius 2 is 1.18 bits per heavy atom. The van der Waals surface area contributed by atoms with Gasteiger partial charge in [-0.15, -0.1) is 11.3 Å². The van der Waals surface area contributed by atoms with Crippen LogP contribution in [0.5, 0.6) is 0 Å². The zero-order valence-electron chi connectivity index (χ0n) is 21.4. The van der Waals surface area contributed by atoms with Gasteiger partial charge < -0.3 is 4.42 Å². The maximum absolute atomic E-state index is 9.92. The third-order valence-corrected chi connectivity index (χ3v) is 8.85. The number of furan rings is 1. The summed E-state index contributed by atoms with van der Waals surface area (Å²) in [5, 5.41) is 14.7. The number of nitrogens with zero attached hydrogens (tertiary/aromatic N) is 1. The zero-order chi connectivity index (χ0) is 26.6. The minimum atomic E-state index is 0.668. The van der Waals surface area contributed by atoms with E-state index in [2.05, 4.69) is 91.0 Å². The van der Waals surface area contributed by atoms with Gasteiger partial charge >= 0.3 is 0 Å². The summed E-state index contributed by atoms with van der Waals surface area (Å²) in [6.45, 7) is 0. The minimum absolute atomic E-state index is 0.668. The van der Waals surface area contributed by atoms with Crippen molar-refractivity contribution >= 4 is 53.4 Å². The van der Waals surface area contributed by atoms with Crippen LogP contribution in [0.3, 0.4) is 0 Å². The smallest absolute Gasteiger partial charge is 0.135 e. The molecule has 2 aromatic heterocycles. The van der Waals surface area contributed by atoms with Crippen molar-refractivity contribution in [1.82, 2.24) is 0 Å². The first-order valence-electron chi connectivity index (χ1n) is 13.2. The average Bonchev–Trinajstić information content (AvgIpc) is 3.59. The second-order valence-electron chi connectivity index (χ2n) is 10.0. The van der Waals surface area contributed by atoms with Crippen molar-refractivity contribution in [2.24, 2.45) is 0 Å². The summed E-state index contributed by atoms with van der Waals surface area (Å²) in [7, 11) is 0. The number of nitriles is 1. The van der Waals surface area contributed by atoms with Crippen LogP contribution in [0.25, 0.3) is 75.5 Å². The summed E-state index contributed by atoms with van der Waals surface area (Å²) in [6, 6.07) is 46.7. The molecular formula is C37H21NOS. The quantitative estimate of drug-likeness (QED) is 0.229. The normalized spacial score (nSPS) is 11.5. The lowest BCUT2D eigenvalue weighted by atomic mass is 9.90. The highest BCUT2D eigenvalue weighted by Crippen LogP contribution is 2.42. The van der Waals surface area contributed by atoms with Crippen molar-refractivity contribution in [2.45, 2.75) is 0 Å². The van der Waals surface area contributed by atoms with Crippen molar-refractivity contribution in [1.29, 1.82) is 5.26 Å². The van der Waals surface area contributed by atoms with Crippen LogP contribution in [-0.4, -0.2) is 0 Å². The van der Waals surface area contributed by atoms with Gasteiger partial charge in [-0.2, -0.15) is 5.26 Å². The van der Waals surface area contributed by atoms with Gasteiger partial charge in [0.25, 0.3) is 0 Å². The number of hydrogen-bond acceptors (Lipinski definition) is 3. The SMILES string of the molecule is N#Cc1ccccc1-c1cc(-c2ccc3oc4ccccc4c3c2)cc(-c2cccc3sc4ccccc4c23)c1. The van der Waals surface area contributed by atoms with Gasteiger partial charge in [0, 0.05) is 30.9 Å². The lowest BCUT2D eigenvalue weighted by molar-refractivity contribution is 0.669. The molecule has 0 aliphatic heterocycles. The summed E-state index contributed by atoms with van der Waals surface area (Å²) in [5.41, 5.74) is 8.94. The van der Waals surface area contributed by atoms with Crippen LogP contribution in [0.1, 0.15) is 5.56 Å². The molecule has 0 radical (unpaired) electrons. The summed E-state index contributed by atoms with van der Waals surface area (Å²) < 4.78 is 8.66. The van der Waals surface area contributed by atoms with Gasteiger partial charge in [-0.25, -0.2) is 0 Å². The molecule has 3 heteroatoms.